The van der Waals surface area contributed by atoms with Crippen molar-refractivity contribution in [1.82, 2.24) is 0 Å². The lowest BCUT2D eigenvalue weighted by molar-refractivity contribution is 0.305. The van der Waals surface area contributed by atoms with E-state index < -0.39 is 0 Å². The van der Waals surface area contributed by atoms with Gasteiger partial charge >= 0.3 is 0 Å². The van der Waals surface area contributed by atoms with Gasteiger partial charge in [-0.25, -0.2) is 0 Å². The lowest BCUT2D eigenvalue weighted by Crippen LogP contribution is -1.97. The van der Waals surface area contributed by atoms with Gasteiger partial charge in [0, 0.05) is 11.1 Å². The van der Waals surface area contributed by atoms with Crippen LogP contribution in [0, 0.1) is 0 Å². The normalized spacial score (nSPS) is 10.4. The third-order valence-corrected chi connectivity index (χ3v) is 3.07. The molecule has 1 rings (SSSR count). The average molecular weight is 279 g/mol. The summed E-state index contributed by atoms with van der Waals surface area (Å²) in [6.45, 7) is 0.687. The summed E-state index contributed by atoms with van der Waals surface area (Å²) in [6, 6.07) is 5.25. The quantitative estimate of drug-likeness (QED) is 0.554. The molecule has 0 atom stereocenters. The molecule has 0 aliphatic carbocycles. The van der Waals surface area contributed by atoms with Crippen LogP contribution in [0.5, 0.6) is 5.75 Å². The van der Waals surface area contributed by atoms with Crippen LogP contribution < -0.4 is 4.74 Å². The van der Waals surface area contributed by atoms with Gasteiger partial charge in [-0.2, -0.15) is 12.6 Å². The van der Waals surface area contributed by atoms with Crippen LogP contribution in [-0.4, -0.2) is 12.4 Å². The van der Waals surface area contributed by atoms with Gasteiger partial charge in [-0.05, 0) is 30.7 Å². The minimum Gasteiger partial charge on any atom is -0.492 e. The van der Waals surface area contributed by atoms with Crippen molar-refractivity contribution in [3.63, 3.8) is 0 Å². The molecule has 0 spiro atoms. The fraction of sp³-hybridized carbons (Fsp3) is 0.500. The molecular weight excluding hydrogens is 263 g/mol. The van der Waals surface area contributed by atoms with E-state index in [9.17, 15) is 0 Å². The molecule has 0 unspecified atom stereocenters. The number of halogens is 2. The standard InChI is InChI=1S/C12H16Cl2OS/c13-10-5-6-11(14)12(9-10)15-7-3-1-2-4-8-16/h5-6,9,16H,1-4,7-8H2. The molecule has 16 heavy (non-hydrogen) atoms. The Bertz CT molecular complexity index is 318. The zero-order valence-corrected chi connectivity index (χ0v) is 11.5. The summed E-state index contributed by atoms with van der Waals surface area (Å²) >= 11 is 16.0. The minimum atomic E-state index is 0.611. The van der Waals surface area contributed by atoms with E-state index in [0.29, 0.717) is 22.4 Å². The zero-order chi connectivity index (χ0) is 11.8. The van der Waals surface area contributed by atoms with Crippen molar-refractivity contribution in [2.24, 2.45) is 0 Å². The molecule has 4 heteroatoms. The zero-order valence-electron chi connectivity index (χ0n) is 9.09. The summed E-state index contributed by atoms with van der Waals surface area (Å²) in [5.74, 6) is 1.63. The maximum atomic E-state index is 5.97. The summed E-state index contributed by atoms with van der Waals surface area (Å²) < 4.78 is 5.56. The SMILES string of the molecule is SCCCCCCOc1cc(Cl)ccc1Cl. The van der Waals surface area contributed by atoms with Gasteiger partial charge in [0.2, 0.25) is 0 Å². The number of thiol groups is 1. The van der Waals surface area contributed by atoms with Crippen molar-refractivity contribution in [2.45, 2.75) is 25.7 Å². The van der Waals surface area contributed by atoms with Crippen molar-refractivity contribution < 1.29 is 4.74 Å². The first-order valence-electron chi connectivity index (χ1n) is 5.43. The van der Waals surface area contributed by atoms with E-state index in [-0.39, 0.29) is 0 Å². The van der Waals surface area contributed by atoms with Gasteiger partial charge in [0.15, 0.2) is 0 Å². The largest absolute Gasteiger partial charge is 0.492 e. The third kappa shape index (κ3) is 5.33. The van der Waals surface area contributed by atoms with Gasteiger partial charge in [0.05, 0.1) is 11.6 Å². The fourth-order valence-corrected chi connectivity index (χ4v) is 1.90. The minimum absolute atomic E-state index is 0.611. The Morgan fingerprint density at radius 2 is 1.81 bits per heavy atom. The highest BCUT2D eigenvalue weighted by molar-refractivity contribution is 7.80. The molecule has 1 aromatic rings. The molecule has 0 saturated heterocycles. The summed E-state index contributed by atoms with van der Waals surface area (Å²) in [5, 5.41) is 1.26. The van der Waals surface area contributed by atoms with Gasteiger partial charge in [-0.15, -0.1) is 0 Å². The molecule has 0 aliphatic rings. The van der Waals surface area contributed by atoms with Gasteiger partial charge in [0.25, 0.3) is 0 Å². The van der Waals surface area contributed by atoms with E-state index in [0.717, 1.165) is 12.2 Å². The topological polar surface area (TPSA) is 9.23 Å². The van der Waals surface area contributed by atoms with Crippen LogP contribution in [0.3, 0.4) is 0 Å². The molecule has 0 aromatic heterocycles. The molecule has 0 saturated carbocycles. The summed E-state index contributed by atoms with van der Waals surface area (Å²) in [4.78, 5) is 0. The summed E-state index contributed by atoms with van der Waals surface area (Å²) in [7, 11) is 0. The second-order valence-corrected chi connectivity index (χ2v) is 4.85. The van der Waals surface area contributed by atoms with E-state index >= 15 is 0 Å². The predicted octanol–water partition coefficient (Wildman–Crippen LogP) is 4.86. The Morgan fingerprint density at radius 1 is 1.06 bits per heavy atom. The molecule has 0 aliphatic heterocycles. The molecule has 1 aromatic carbocycles. The molecule has 0 heterocycles. The van der Waals surface area contributed by atoms with Crippen molar-refractivity contribution in [3.05, 3.63) is 28.2 Å². The Balaban J connectivity index is 2.23. The lowest BCUT2D eigenvalue weighted by Gasteiger charge is -2.08. The number of unbranched alkanes of at least 4 members (excludes halogenated alkanes) is 3. The van der Waals surface area contributed by atoms with E-state index in [1.54, 1.807) is 18.2 Å². The highest BCUT2D eigenvalue weighted by atomic mass is 35.5. The van der Waals surface area contributed by atoms with Crippen LogP contribution in [0.4, 0.5) is 0 Å². The lowest BCUT2D eigenvalue weighted by atomic mass is 10.2. The van der Waals surface area contributed by atoms with E-state index in [2.05, 4.69) is 12.6 Å². The van der Waals surface area contributed by atoms with Crippen molar-refractivity contribution in [2.75, 3.05) is 12.4 Å². The highest BCUT2D eigenvalue weighted by Gasteiger charge is 2.01. The Labute approximate surface area is 112 Å². The number of hydrogen-bond acceptors (Lipinski definition) is 2. The maximum Gasteiger partial charge on any atom is 0.139 e. The molecule has 90 valence electrons. The maximum absolute atomic E-state index is 5.97. The molecule has 0 fully saturated rings. The van der Waals surface area contributed by atoms with Crippen LogP contribution in [0.15, 0.2) is 18.2 Å². The van der Waals surface area contributed by atoms with E-state index in [1.807, 2.05) is 0 Å². The average Bonchev–Trinajstić information content (AvgIpc) is 2.28. The number of rotatable bonds is 7. The number of benzene rings is 1. The van der Waals surface area contributed by atoms with E-state index in [4.69, 9.17) is 27.9 Å². The van der Waals surface area contributed by atoms with Crippen molar-refractivity contribution in [1.29, 1.82) is 0 Å². The molecule has 0 radical (unpaired) electrons. The first kappa shape index (κ1) is 14.0. The monoisotopic (exact) mass is 278 g/mol. The van der Waals surface area contributed by atoms with Crippen LogP contribution in [0.2, 0.25) is 10.0 Å². The second kappa shape index (κ2) is 8.10. The first-order chi connectivity index (χ1) is 7.74. The van der Waals surface area contributed by atoms with Crippen LogP contribution >= 0.6 is 35.8 Å². The fourth-order valence-electron chi connectivity index (χ4n) is 1.34. The van der Waals surface area contributed by atoms with Gasteiger partial charge in [0.1, 0.15) is 5.75 Å². The smallest absolute Gasteiger partial charge is 0.139 e. The van der Waals surface area contributed by atoms with E-state index in [1.165, 1.54) is 19.3 Å². The third-order valence-electron chi connectivity index (χ3n) is 2.20. The first-order valence-corrected chi connectivity index (χ1v) is 6.81. The summed E-state index contributed by atoms with van der Waals surface area (Å²) in [6.07, 6.45) is 4.58. The van der Waals surface area contributed by atoms with Crippen LogP contribution in [-0.2, 0) is 0 Å². The van der Waals surface area contributed by atoms with Crippen LogP contribution in [0.25, 0.3) is 0 Å². The number of hydrogen-bond donors (Lipinski definition) is 1. The Kier molecular flexibility index (Phi) is 7.10. The van der Waals surface area contributed by atoms with Crippen molar-refractivity contribution in [3.8, 4) is 5.75 Å². The highest BCUT2D eigenvalue weighted by Crippen LogP contribution is 2.27. The predicted molar refractivity (Wildman–Crippen MR) is 74.3 cm³/mol. The Hall–Kier alpha value is -0.0500. The summed E-state index contributed by atoms with van der Waals surface area (Å²) in [5.41, 5.74) is 0. The van der Waals surface area contributed by atoms with Gasteiger partial charge < -0.3 is 4.74 Å². The molecule has 1 nitrogen and oxygen atoms in total. The van der Waals surface area contributed by atoms with Gasteiger partial charge in [-0.1, -0.05) is 36.0 Å². The molecule has 0 amide bonds. The second-order valence-electron chi connectivity index (χ2n) is 3.56. The van der Waals surface area contributed by atoms with Crippen LogP contribution in [0.1, 0.15) is 25.7 Å². The number of ether oxygens (including phenoxy) is 1. The Morgan fingerprint density at radius 3 is 2.56 bits per heavy atom. The molecule has 0 N–H and O–H groups in total. The van der Waals surface area contributed by atoms with Gasteiger partial charge in [-0.3, -0.25) is 0 Å². The molecule has 0 bridgehead atoms. The molecular formula is C12H16Cl2OS. The van der Waals surface area contributed by atoms with Crippen molar-refractivity contribution >= 4 is 35.8 Å².